The summed E-state index contributed by atoms with van der Waals surface area (Å²) in [5.41, 5.74) is 3.95. The van der Waals surface area contributed by atoms with Crippen molar-refractivity contribution in [2.45, 2.75) is 6.92 Å². The fourth-order valence-electron chi connectivity index (χ4n) is 3.30. The molecule has 0 bridgehead atoms. The van der Waals surface area contributed by atoms with Crippen molar-refractivity contribution in [1.29, 1.82) is 0 Å². The predicted molar refractivity (Wildman–Crippen MR) is 120 cm³/mol. The van der Waals surface area contributed by atoms with Crippen molar-refractivity contribution in [3.63, 3.8) is 0 Å². The van der Waals surface area contributed by atoms with E-state index in [0.29, 0.717) is 17.0 Å². The zero-order valence-corrected chi connectivity index (χ0v) is 17.0. The molecule has 0 N–H and O–H groups in total. The van der Waals surface area contributed by atoms with Crippen LogP contribution < -0.4 is 0 Å². The summed E-state index contributed by atoms with van der Waals surface area (Å²) in [6.45, 7) is 2.03. The number of ether oxygens (including phenoxy) is 1. The van der Waals surface area contributed by atoms with E-state index >= 15 is 0 Å². The lowest BCUT2D eigenvalue weighted by atomic mass is 10.0. The van der Waals surface area contributed by atoms with Crippen molar-refractivity contribution >= 4 is 18.1 Å². The van der Waals surface area contributed by atoms with Crippen LogP contribution in [0.2, 0.25) is 0 Å². The molecule has 0 saturated heterocycles. The average molecular weight is 412 g/mol. The number of para-hydroxylation sites is 1. The van der Waals surface area contributed by atoms with Crippen LogP contribution in [-0.4, -0.2) is 22.4 Å². The third-order valence-electron chi connectivity index (χ3n) is 4.75. The summed E-state index contributed by atoms with van der Waals surface area (Å²) in [5.74, 6) is -0.743. The fourth-order valence-corrected chi connectivity index (χ4v) is 3.30. The van der Waals surface area contributed by atoms with Gasteiger partial charge in [0, 0.05) is 5.56 Å². The van der Waals surface area contributed by atoms with Gasteiger partial charge in [0.15, 0.2) is 0 Å². The molecule has 4 rings (SSSR count). The standard InChI is InChI=1S/C26H21FN2O2/c1-2-31-26(30)24-23(18-15-19-13-16-21(27)17-14-19)29(22-11-7-4-8-12-22)28-25(24)20-9-5-3-6-10-20/h3-18H,2H2,1H3/b18-15+. The van der Waals surface area contributed by atoms with E-state index in [1.165, 1.54) is 12.1 Å². The number of hydrogen-bond acceptors (Lipinski definition) is 3. The Balaban J connectivity index is 1.93. The van der Waals surface area contributed by atoms with Gasteiger partial charge in [-0.3, -0.25) is 0 Å². The molecule has 1 aromatic heterocycles. The molecule has 0 amide bonds. The number of aromatic nitrogens is 2. The van der Waals surface area contributed by atoms with Crippen LogP contribution in [0.5, 0.6) is 0 Å². The highest BCUT2D eigenvalue weighted by Gasteiger charge is 2.25. The van der Waals surface area contributed by atoms with E-state index in [9.17, 15) is 9.18 Å². The van der Waals surface area contributed by atoms with Crippen molar-refractivity contribution in [1.82, 2.24) is 9.78 Å². The molecule has 1 heterocycles. The Bertz CT molecular complexity index is 1200. The third kappa shape index (κ3) is 4.46. The molecule has 154 valence electrons. The van der Waals surface area contributed by atoms with E-state index in [1.807, 2.05) is 72.8 Å². The number of rotatable bonds is 6. The van der Waals surface area contributed by atoms with Gasteiger partial charge >= 0.3 is 5.97 Å². The summed E-state index contributed by atoms with van der Waals surface area (Å²) in [4.78, 5) is 13.0. The Hall–Kier alpha value is -3.99. The van der Waals surface area contributed by atoms with Crippen LogP contribution in [0.3, 0.4) is 0 Å². The highest BCUT2D eigenvalue weighted by molar-refractivity contribution is 6.00. The summed E-state index contributed by atoms with van der Waals surface area (Å²) in [7, 11) is 0. The van der Waals surface area contributed by atoms with Crippen LogP contribution in [0.1, 0.15) is 28.5 Å². The van der Waals surface area contributed by atoms with Crippen LogP contribution >= 0.6 is 0 Å². The smallest absolute Gasteiger partial charge is 0.342 e. The molecule has 0 saturated carbocycles. The number of carbonyl (C=O) groups is 1. The zero-order valence-electron chi connectivity index (χ0n) is 17.0. The van der Waals surface area contributed by atoms with E-state index < -0.39 is 5.97 Å². The molecule has 0 radical (unpaired) electrons. The summed E-state index contributed by atoms with van der Waals surface area (Å²) in [6, 6.07) is 25.3. The minimum atomic E-state index is -0.442. The summed E-state index contributed by atoms with van der Waals surface area (Å²) >= 11 is 0. The normalized spacial score (nSPS) is 11.0. The SMILES string of the molecule is CCOC(=O)c1c(-c2ccccc2)nn(-c2ccccc2)c1/C=C/c1ccc(F)cc1. The first-order chi connectivity index (χ1) is 15.2. The van der Waals surface area contributed by atoms with Crippen LogP contribution in [0.15, 0.2) is 84.9 Å². The van der Waals surface area contributed by atoms with Crippen molar-refractivity contribution < 1.29 is 13.9 Å². The Morgan fingerprint density at radius 3 is 2.23 bits per heavy atom. The number of hydrogen-bond donors (Lipinski definition) is 0. The molecule has 0 aliphatic carbocycles. The van der Waals surface area contributed by atoms with E-state index in [2.05, 4.69) is 0 Å². The maximum atomic E-state index is 13.3. The number of carbonyl (C=O) groups excluding carboxylic acids is 1. The summed E-state index contributed by atoms with van der Waals surface area (Å²) < 4.78 is 20.4. The molecule has 0 fully saturated rings. The monoisotopic (exact) mass is 412 g/mol. The molecule has 0 aliphatic rings. The molecule has 5 heteroatoms. The maximum absolute atomic E-state index is 13.3. The first kappa shape index (κ1) is 20.3. The van der Waals surface area contributed by atoms with E-state index in [4.69, 9.17) is 9.84 Å². The van der Waals surface area contributed by atoms with Gasteiger partial charge in [0.1, 0.15) is 17.1 Å². The van der Waals surface area contributed by atoms with Crippen LogP contribution in [-0.2, 0) is 4.74 Å². The molecule has 4 nitrogen and oxygen atoms in total. The van der Waals surface area contributed by atoms with Gasteiger partial charge in [0.2, 0.25) is 0 Å². The van der Waals surface area contributed by atoms with E-state index in [-0.39, 0.29) is 12.4 Å². The second kappa shape index (κ2) is 9.22. The van der Waals surface area contributed by atoms with Crippen molar-refractivity contribution in [2.75, 3.05) is 6.61 Å². The first-order valence-corrected chi connectivity index (χ1v) is 10.0. The quantitative estimate of drug-likeness (QED) is 0.364. The minimum absolute atomic E-state index is 0.255. The van der Waals surface area contributed by atoms with Crippen molar-refractivity contribution in [3.8, 4) is 16.9 Å². The molecule has 3 aromatic carbocycles. The molecule has 0 spiro atoms. The zero-order chi connectivity index (χ0) is 21.6. The van der Waals surface area contributed by atoms with Gasteiger partial charge in [-0.2, -0.15) is 5.10 Å². The average Bonchev–Trinajstić information content (AvgIpc) is 3.20. The highest BCUT2D eigenvalue weighted by Crippen LogP contribution is 2.30. The van der Waals surface area contributed by atoms with Gasteiger partial charge in [-0.25, -0.2) is 13.9 Å². The largest absolute Gasteiger partial charge is 0.462 e. The molecule has 31 heavy (non-hydrogen) atoms. The van der Waals surface area contributed by atoms with Crippen LogP contribution in [0.4, 0.5) is 4.39 Å². The third-order valence-corrected chi connectivity index (χ3v) is 4.75. The Morgan fingerprint density at radius 2 is 1.58 bits per heavy atom. The second-order valence-corrected chi connectivity index (χ2v) is 6.83. The molecule has 4 aromatic rings. The lowest BCUT2D eigenvalue weighted by Crippen LogP contribution is -2.08. The summed E-state index contributed by atoms with van der Waals surface area (Å²) in [5, 5.41) is 4.78. The van der Waals surface area contributed by atoms with Gasteiger partial charge < -0.3 is 4.74 Å². The minimum Gasteiger partial charge on any atom is -0.462 e. The van der Waals surface area contributed by atoms with E-state index in [0.717, 1.165) is 16.8 Å². The van der Waals surface area contributed by atoms with Crippen molar-refractivity contribution in [2.24, 2.45) is 0 Å². The first-order valence-electron chi connectivity index (χ1n) is 10.0. The molecule has 0 atom stereocenters. The molecular weight excluding hydrogens is 391 g/mol. The Morgan fingerprint density at radius 1 is 0.935 bits per heavy atom. The van der Waals surface area contributed by atoms with Crippen LogP contribution in [0, 0.1) is 5.82 Å². The highest BCUT2D eigenvalue weighted by atomic mass is 19.1. The van der Waals surface area contributed by atoms with E-state index in [1.54, 1.807) is 23.7 Å². The molecule has 0 unspecified atom stereocenters. The topological polar surface area (TPSA) is 44.1 Å². The van der Waals surface area contributed by atoms with Crippen molar-refractivity contribution in [3.05, 3.63) is 108 Å². The Kier molecular flexibility index (Phi) is 6.03. The van der Waals surface area contributed by atoms with Gasteiger partial charge in [-0.1, -0.05) is 66.7 Å². The lowest BCUT2D eigenvalue weighted by Gasteiger charge is -2.06. The van der Waals surface area contributed by atoms with Gasteiger partial charge in [0.25, 0.3) is 0 Å². The number of nitrogens with zero attached hydrogens (tertiary/aromatic N) is 2. The molecule has 0 aliphatic heterocycles. The number of benzene rings is 3. The molecular formula is C26H21FN2O2. The number of esters is 1. The van der Waals surface area contributed by atoms with Gasteiger partial charge in [-0.15, -0.1) is 0 Å². The second-order valence-electron chi connectivity index (χ2n) is 6.83. The predicted octanol–water partition coefficient (Wildman–Crippen LogP) is 6.03. The van der Waals surface area contributed by atoms with Gasteiger partial charge in [-0.05, 0) is 42.8 Å². The van der Waals surface area contributed by atoms with Crippen LogP contribution in [0.25, 0.3) is 29.1 Å². The lowest BCUT2D eigenvalue weighted by molar-refractivity contribution is 0.0527. The fraction of sp³-hybridized carbons (Fsp3) is 0.0769. The van der Waals surface area contributed by atoms with Gasteiger partial charge in [0.05, 0.1) is 18.0 Å². The Labute approximate surface area is 180 Å². The number of halogens is 1. The maximum Gasteiger partial charge on any atom is 0.342 e. The summed E-state index contributed by atoms with van der Waals surface area (Å²) in [6.07, 6.45) is 3.64.